The number of ether oxygens (including phenoxy) is 1. The predicted molar refractivity (Wildman–Crippen MR) is 45.1 cm³/mol. The van der Waals surface area contributed by atoms with Gasteiger partial charge >= 0.3 is 11.9 Å². The standard InChI is InChI=1S/C9H14O4/c1-6(10)13-8-3-2-7(4-8)5-9(11)12/h7-8H,2-5H2,1H3,(H,11,12)/t7-,8+/m1/s1. The SMILES string of the molecule is CC(=O)O[C@H]1CC[C@@H](CC(=O)O)C1. The van der Waals surface area contributed by atoms with E-state index in [4.69, 9.17) is 9.84 Å². The maximum atomic E-state index is 10.6. The minimum atomic E-state index is -0.770. The highest BCUT2D eigenvalue weighted by Gasteiger charge is 2.28. The van der Waals surface area contributed by atoms with E-state index in [2.05, 4.69) is 0 Å². The van der Waals surface area contributed by atoms with Gasteiger partial charge in [-0.25, -0.2) is 0 Å². The van der Waals surface area contributed by atoms with Gasteiger partial charge in [0.1, 0.15) is 6.10 Å². The molecule has 0 heterocycles. The highest BCUT2D eigenvalue weighted by molar-refractivity contribution is 5.67. The summed E-state index contributed by atoms with van der Waals surface area (Å²) >= 11 is 0. The van der Waals surface area contributed by atoms with Crippen LogP contribution in [0.5, 0.6) is 0 Å². The molecule has 0 spiro atoms. The van der Waals surface area contributed by atoms with Gasteiger partial charge < -0.3 is 9.84 Å². The lowest BCUT2D eigenvalue weighted by molar-refractivity contribution is -0.146. The first kappa shape index (κ1) is 10.0. The van der Waals surface area contributed by atoms with Gasteiger partial charge in [0.05, 0.1) is 0 Å². The summed E-state index contributed by atoms with van der Waals surface area (Å²) in [5.41, 5.74) is 0. The molecule has 0 aromatic heterocycles. The lowest BCUT2D eigenvalue weighted by atomic mass is 10.0. The Labute approximate surface area is 76.9 Å². The summed E-state index contributed by atoms with van der Waals surface area (Å²) in [5.74, 6) is -0.865. The van der Waals surface area contributed by atoms with Crippen LogP contribution in [0.1, 0.15) is 32.6 Å². The molecule has 0 aliphatic heterocycles. The number of carbonyl (C=O) groups is 2. The van der Waals surface area contributed by atoms with E-state index in [1.807, 2.05) is 0 Å². The van der Waals surface area contributed by atoms with Crippen molar-refractivity contribution < 1.29 is 19.4 Å². The normalized spacial score (nSPS) is 27.2. The van der Waals surface area contributed by atoms with Crippen LogP contribution in [0.2, 0.25) is 0 Å². The number of esters is 1. The Morgan fingerprint density at radius 1 is 1.46 bits per heavy atom. The predicted octanol–water partition coefficient (Wildman–Crippen LogP) is 1.19. The van der Waals surface area contributed by atoms with Crippen molar-refractivity contribution in [2.24, 2.45) is 5.92 Å². The Morgan fingerprint density at radius 3 is 2.69 bits per heavy atom. The molecule has 1 aliphatic carbocycles. The van der Waals surface area contributed by atoms with E-state index in [1.165, 1.54) is 6.92 Å². The molecule has 1 fully saturated rings. The van der Waals surface area contributed by atoms with Crippen LogP contribution in [0.4, 0.5) is 0 Å². The van der Waals surface area contributed by atoms with Crippen molar-refractivity contribution in [3.63, 3.8) is 0 Å². The molecule has 0 aromatic rings. The molecule has 0 unspecified atom stereocenters. The highest BCUT2D eigenvalue weighted by Crippen LogP contribution is 2.30. The number of hydrogen-bond donors (Lipinski definition) is 1. The van der Waals surface area contributed by atoms with Crippen LogP contribution in [0.15, 0.2) is 0 Å². The quantitative estimate of drug-likeness (QED) is 0.672. The molecule has 0 aromatic carbocycles. The largest absolute Gasteiger partial charge is 0.481 e. The molecule has 74 valence electrons. The van der Waals surface area contributed by atoms with Gasteiger partial charge in [0.15, 0.2) is 0 Å². The van der Waals surface area contributed by atoms with Crippen molar-refractivity contribution >= 4 is 11.9 Å². The van der Waals surface area contributed by atoms with E-state index in [0.29, 0.717) is 6.42 Å². The molecule has 13 heavy (non-hydrogen) atoms. The Morgan fingerprint density at radius 2 is 2.15 bits per heavy atom. The maximum Gasteiger partial charge on any atom is 0.303 e. The van der Waals surface area contributed by atoms with Gasteiger partial charge in [-0.3, -0.25) is 9.59 Å². The molecular formula is C9H14O4. The van der Waals surface area contributed by atoms with Crippen molar-refractivity contribution in [1.29, 1.82) is 0 Å². The molecule has 1 aliphatic rings. The zero-order chi connectivity index (χ0) is 9.84. The highest BCUT2D eigenvalue weighted by atomic mass is 16.5. The molecule has 2 atom stereocenters. The van der Waals surface area contributed by atoms with E-state index in [-0.39, 0.29) is 24.4 Å². The topological polar surface area (TPSA) is 63.6 Å². The third-order valence-corrected chi connectivity index (χ3v) is 2.29. The molecule has 0 bridgehead atoms. The van der Waals surface area contributed by atoms with Crippen LogP contribution >= 0.6 is 0 Å². The summed E-state index contributed by atoms with van der Waals surface area (Å²) in [6.45, 7) is 1.38. The maximum absolute atomic E-state index is 10.6. The van der Waals surface area contributed by atoms with E-state index >= 15 is 0 Å². The van der Waals surface area contributed by atoms with Crippen molar-refractivity contribution in [3.05, 3.63) is 0 Å². The van der Waals surface area contributed by atoms with E-state index < -0.39 is 5.97 Å². The number of hydrogen-bond acceptors (Lipinski definition) is 3. The summed E-state index contributed by atoms with van der Waals surface area (Å²) < 4.78 is 4.99. The van der Waals surface area contributed by atoms with Crippen LogP contribution in [0.3, 0.4) is 0 Å². The van der Waals surface area contributed by atoms with Crippen LogP contribution in [-0.4, -0.2) is 23.1 Å². The fraction of sp³-hybridized carbons (Fsp3) is 0.778. The van der Waals surface area contributed by atoms with Gasteiger partial charge in [0, 0.05) is 13.3 Å². The van der Waals surface area contributed by atoms with Crippen molar-refractivity contribution in [1.82, 2.24) is 0 Å². The van der Waals surface area contributed by atoms with E-state index in [0.717, 1.165) is 12.8 Å². The third-order valence-electron chi connectivity index (χ3n) is 2.29. The summed E-state index contributed by atoms with van der Waals surface area (Å²) in [5, 5.41) is 8.53. The zero-order valence-corrected chi connectivity index (χ0v) is 7.66. The second-order valence-electron chi connectivity index (χ2n) is 3.51. The van der Waals surface area contributed by atoms with Gasteiger partial charge in [-0.05, 0) is 25.2 Å². The van der Waals surface area contributed by atoms with Gasteiger partial charge in [-0.15, -0.1) is 0 Å². The molecule has 4 heteroatoms. The second kappa shape index (κ2) is 4.25. The van der Waals surface area contributed by atoms with Crippen LogP contribution in [0, 0.1) is 5.92 Å². The van der Waals surface area contributed by atoms with Crippen LogP contribution in [0.25, 0.3) is 0 Å². The lowest BCUT2D eigenvalue weighted by Gasteiger charge is -2.09. The lowest BCUT2D eigenvalue weighted by Crippen LogP contribution is -2.13. The molecule has 1 N–H and O–H groups in total. The first-order valence-corrected chi connectivity index (χ1v) is 4.47. The summed E-state index contributed by atoms with van der Waals surface area (Å²) in [6, 6.07) is 0. The van der Waals surface area contributed by atoms with Crippen molar-refractivity contribution in [2.45, 2.75) is 38.7 Å². The Balaban J connectivity index is 2.27. The number of carbonyl (C=O) groups excluding carboxylic acids is 1. The average Bonchev–Trinajstić information content (AvgIpc) is 2.33. The zero-order valence-electron chi connectivity index (χ0n) is 7.66. The third kappa shape index (κ3) is 3.44. The summed E-state index contributed by atoms with van der Waals surface area (Å²) in [7, 11) is 0. The fourth-order valence-corrected chi connectivity index (χ4v) is 1.80. The second-order valence-corrected chi connectivity index (χ2v) is 3.51. The first-order chi connectivity index (χ1) is 6.08. The Hall–Kier alpha value is -1.06. The average molecular weight is 186 g/mol. The smallest absolute Gasteiger partial charge is 0.303 e. The minimum absolute atomic E-state index is 0.0538. The minimum Gasteiger partial charge on any atom is -0.481 e. The summed E-state index contributed by atoms with van der Waals surface area (Å²) in [4.78, 5) is 21.0. The molecule has 0 saturated heterocycles. The van der Waals surface area contributed by atoms with E-state index in [1.54, 1.807) is 0 Å². The van der Waals surface area contributed by atoms with E-state index in [9.17, 15) is 9.59 Å². The number of rotatable bonds is 3. The molecule has 1 saturated carbocycles. The fourth-order valence-electron chi connectivity index (χ4n) is 1.80. The van der Waals surface area contributed by atoms with Crippen molar-refractivity contribution in [2.75, 3.05) is 0 Å². The number of carboxylic acids is 1. The number of aliphatic carboxylic acids is 1. The molecule has 0 radical (unpaired) electrons. The first-order valence-electron chi connectivity index (χ1n) is 4.47. The Bertz CT molecular complexity index is 190. The van der Waals surface area contributed by atoms with Crippen LogP contribution in [-0.2, 0) is 14.3 Å². The van der Waals surface area contributed by atoms with Gasteiger partial charge in [0.2, 0.25) is 0 Å². The summed E-state index contributed by atoms with van der Waals surface area (Å²) in [6.07, 6.45) is 2.49. The number of carboxylic acid groups (broad SMARTS) is 1. The van der Waals surface area contributed by atoms with Gasteiger partial charge in [-0.2, -0.15) is 0 Å². The van der Waals surface area contributed by atoms with Gasteiger partial charge in [0.25, 0.3) is 0 Å². The molecule has 0 amide bonds. The Kier molecular flexibility index (Phi) is 3.28. The van der Waals surface area contributed by atoms with Crippen LogP contribution < -0.4 is 0 Å². The molecule has 1 rings (SSSR count). The monoisotopic (exact) mass is 186 g/mol. The van der Waals surface area contributed by atoms with Gasteiger partial charge in [-0.1, -0.05) is 0 Å². The molecule has 4 nitrogen and oxygen atoms in total. The van der Waals surface area contributed by atoms with Crippen molar-refractivity contribution in [3.8, 4) is 0 Å². The molecular weight excluding hydrogens is 172 g/mol.